The van der Waals surface area contributed by atoms with Gasteiger partial charge in [0.2, 0.25) is 5.54 Å². The quantitative estimate of drug-likeness (QED) is 0.125. The van der Waals surface area contributed by atoms with Gasteiger partial charge in [0, 0.05) is 25.3 Å². The van der Waals surface area contributed by atoms with E-state index in [2.05, 4.69) is 12.1 Å². The molecule has 1 saturated heterocycles. The Kier molecular flexibility index (Phi) is 12.6. The fourth-order valence-corrected chi connectivity index (χ4v) is 7.87. The zero-order valence-corrected chi connectivity index (χ0v) is 26.7. The van der Waals surface area contributed by atoms with Crippen molar-refractivity contribution in [3.63, 3.8) is 0 Å². The molecule has 1 aliphatic heterocycles. The number of carboxylic acid groups (broad SMARTS) is 1. The van der Waals surface area contributed by atoms with E-state index in [1.165, 1.54) is 5.56 Å². The summed E-state index contributed by atoms with van der Waals surface area (Å²) in [5.74, 6) is -1.16. The summed E-state index contributed by atoms with van der Waals surface area (Å²) in [7, 11) is -0.678. The number of aryl methyl sites for hydroxylation is 1. The SMILES string of the molecule is CCO[N+]1([O-])CCP(CCCc2ccccc2)CC1(CCCCN(C(=O)OC(C)(C)C)C(=O)OC(C)(C)C)C(=O)O. The van der Waals surface area contributed by atoms with Gasteiger partial charge in [0.25, 0.3) is 0 Å². The molecule has 0 spiro atoms. The molecule has 2 rings (SSSR count). The number of carboxylic acids is 1. The van der Waals surface area contributed by atoms with Gasteiger partial charge < -0.3 is 19.8 Å². The number of amides is 2. The fraction of sp³-hybridized carbons (Fsp3) is 0.700. The Balaban J connectivity index is 2.14. The summed E-state index contributed by atoms with van der Waals surface area (Å²) in [6.07, 6.45) is 2.66. The van der Waals surface area contributed by atoms with Gasteiger partial charge in [-0.05, 0) is 85.9 Å². The largest absolute Gasteiger partial charge is 0.597 e. The van der Waals surface area contributed by atoms with Gasteiger partial charge in [-0.3, -0.25) is 0 Å². The normalized spacial score (nSPS) is 23.1. The van der Waals surface area contributed by atoms with Crippen molar-refractivity contribution in [3.8, 4) is 0 Å². The molecule has 3 unspecified atom stereocenters. The first-order valence-electron chi connectivity index (χ1n) is 14.5. The first kappa shape index (κ1) is 34.9. The number of hydroxylamine groups is 4. The Morgan fingerprint density at radius 3 is 2.10 bits per heavy atom. The molecule has 0 aromatic heterocycles. The maximum absolute atomic E-state index is 13.9. The van der Waals surface area contributed by atoms with Crippen LogP contribution in [0.3, 0.4) is 0 Å². The highest BCUT2D eigenvalue weighted by Crippen LogP contribution is 2.50. The molecule has 1 aromatic carbocycles. The standard InChI is InChI=1S/C30H49N2O8P/c1-8-38-32(37)20-22-41(21-14-17-24-15-10-9-11-16-24)23-30(32,25(33)34)18-12-13-19-31(26(35)39-28(2,3)4)27(36)40-29(5,6)7/h9-11,15-16H,8,12-14,17-23H2,1-7H3,(H,33,34). The molecule has 0 aliphatic carbocycles. The van der Waals surface area contributed by atoms with E-state index in [1.807, 2.05) is 18.2 Å². The van der Waals surface area contributed by atoms with Gasteiger partial charge in [0.05, 0.1) is 0 Å². The van der Waals surface area contributed by atoms with E-state index in [1.54, 1.807) is 48.5 Å². The number of benzene rings is 1. The van der Waals surface area contributed by atoms with E-state index >= 15 is 0 Å². The zero-order valence-electron chi connectivity index (χ0n) is 25.8. The van der Waals surface area contributed by atoms with Gasteiger partial charge in [0.1, 0.15) is 24.4 Å². The average Bonchev–Trinajstić information content (AvgIpc) is 2.84. The Hall–Kier alpha value is -2.26. The lowest BCUT2D eigenvalue weighted by Crippen LogP contribution is -2.69. The number of hydrogen-bond donors (Lipinski definition) is 1. The van der Waals surface area contributed by atoms with E-state index in [0.717, 1.165) is 23.9 Å². The molecule has 1 N–H and O–H groups in total. The molecule has 1 aliphatic rings. The van der Waals surface area contributed by atoms with E-state index in [4.69, 9.17) is 14.3 Å². The molecule has 0 radical (unpaired) electrons. The van der Waals surface area contributed by atoms with E-state index in [-0.39, 0.29) is 38.7 Å². The van der Waals surface area contributed by atoms with Crippen molar-refractivity contribution in [2.45, 2.75) is 97.3 Å². The molecule has 1 heterocycles. The second-order valence-electron chi connectivity index (χ2n) is 12.6. The van der Waals surface area contributed by atoms with Crippen molar-refractivity contribution in [3.05, 3.63) is 41.1 Å². The Labute approximate surface area is 246 Å². The molecule has 41 heavy (non-hydrogen) atoms. The second-order valence-corrected chi connectivity index (χ2v) is 15.1. The van der Waals surface area contributed by atoms with Gasteiger partial charge >= 0.3 is 18.2 Å². The topological polar surface area (TPSA) is 125 Å². The minimum atomic E-state index is -1.64. The van der Waals surface area contributed by atoms with Crippen LogP contribution in [-0.4, -0.2) is 87.9 Å². The van der Waals surface area contributed by atoms with Crippen LogP contribution in [0.5, 0.6) is 0 Å². The first-order valence-corrected chi connectivity index (χ1v) is 16.4. The van der Waals surface area contributed by atoms with Crippen LogP contribution < -0.4 is 0 Å². The fourth-order valence-electron chi connectivity index (χ4n) is 4.93. The molecular weight excluding hydrogens is 547 g/mol. The minimum Gasteiger partial charge on any atom is -0.597 e. The van der Waals surface area contributed by atoms with Crippen molar-refractivity contribution >= 4 is 26.1 Å². The van der Waals surface area contributed by atoms with Gasteiger partial charge in [0.15, 0.2) is 0 Å². The highest BCUT2D eigenvalue weighted by Gasteiger charge is 2.58. The van der Waals surface area contributed by atoms with Crippen molar-refractivity contribution in [1.82, 2.24) is 4.90 Å². The molecule has 1 aromatic rings. The van der Waals surface area contributed by atoms with Gasteiger partial charge in [-0.2, -0.15) is 4.81 Å². The highest BCUT2D eigenvalue weighted by molar-refractivity contribution is 7.57. The molecular formula is C30H49N2O8P. The Morgan fingerprint density at radius 1 is 1.00 bits per heavy atom. The lowest BCUT2D eigenvalue weighted by Gasteiger charge is -2.55. The number of quaternary nitrogens is 1. The summed E-state index contributed by atoms with van der Waals surface area (Å²) in [6.45, 7) is 12.1. The molecule has 1 fully saturated rings. The van der Waals surface area contributed by atoms with Crippen LogP contribution in [-0.2, 0) is 25.5 Å². The van der Waals surface area contributed by atoms with Crippen molar-refractivity contribution in [2.75, 3.05) is 38.2 Å². The summed E-state index contributed by atoms with van der Waals surface area (Å²) in [6, 6.07) is 10.2. The molecule has 10 nitrogen and oxygen atoms in total. The van der Waals surface area contributed by atoms with Gasteiger partial charge in [-0.15, -0.1) is 0 Å². The molecule has 232 valence electrons. The van der Waals surface area contributed by atoms with Crippen LogP contribution in [0.15, 0.2) is 30.3 Å². The maximum Gasteiger partial charge on any atom is 0.419 e. The molecule has 0 bridgehead atoms. The number of imide groups is 1. The second kappa shape index (κ2) is 14.8. The summed E-state index contributed by atoms with van der Waals surface area (Å²) in [5, 5.41) is 24.4. The van der Waals surface area contributed by atoms with Crippen molar-refractivity contribution in [1.29, 1.82) is 0 Å². The Bertz CT molecular complexity index is 982. The predicted octanol–water partition coefficient (Wildman–Crippen LogP) is 6.55. The summed E-state index contributed by atoms with van der Waals surface area (Å²) in [5.41, 5.74) is -2.04. The van der Waals surface area contributed by atoms with E-state index in [9.17, 15) is 24.7 Å². The highest BCUT2D eigenvalue weighted by atomic mass is 31.1. The number of nitrogens with zero attached hydrogens (tertiary/aromatic N) is 2. The number of carbonyl (C=O) groups excluding carboxylic acids is 2. The molecule has 3 atom stereocenters. The number of aliphatic carboxylic acids is 1. The van der Waals surface area contributed by atoms with Gasteiger partial charge in [-0.1, -0.05) is 38.3 Å². The maximum atomic E-state index is 13.9. The number of hydrogen-bond acceptors (Lipinski definition) is 7. The summed E-state index contributed by atoms with van der Waals surface area (Å²) in [4.78, 5) is 43.8. The van der Waals surface area contributed by atoms with Crippen LogP contribution in [0.4, 0.5) is 9.59 Å². The number of ether oxygens (including phenoxy) is 2. The first-order chi connectivity index (χ1) is 19.0. The van der Waals surface area contributed by atoms with Crippen LogP contribution >= 0.6 is 7.92 Å². The third-order valence-corrected chi connectivity index (χ3v) is 9.57. The van der Waals surface area contributed by atoms with E-state index in [0.29, 0.717) is 12.6 Å². The number of rotatable bonds is 12. The monoisotopic (exact) mass is 596 g/mol. The third kappa shape index (κ3) is 10.5. The lowest BCUT2D eigenvalue weighted by molar-refractivity contribution is -1.10. The Morgan fingerprint density at radius 2 is 1.59 bits per heavy atom. The van der Waals surface area contributed by atoms with Crippen LogP contribution in [0.2, 0.25) is 0 Å². The van der Waals surface area contributed by atoms with Gasteiger partial charge in [-0.25, -0.2) is 24.1 Å². The molecule has 11 heteroatoms. The zero-order chi connectivity index (χ0) is 30.9. The van der Waals surface area contributed by atoms with Crippen molar-refractivity contribution < 1.29 is 38.6 Å². The van der Waals surface area contributed by atoms with Crippen LogP contribution in [0.1, 0.15) is 79.7 Å². The molecule has 0 saturated carbocycles. The number of unbranched alkanes of at least 4 members (excludes halogenated alkanes) is 1. The van der Waals surface area contributed by atoms with Crippen LogP contribution in [0, 0.1) is 5.21 Å². The number of carbonyl (C=O) groups is 3. The minimum absolute atomic E-state index is 0.0289. The summed E-state index contributed by atoms with van der Waals surface area (Å²) >= 11 is 0. The van der Waals surface area contributed by atoms with E-state index < -0.39 is 47.6 Å². The van der Waals surface area contributed by atoms with Crippen molar-refractivity contribution in [2.24, 2.45) is 0 Å². The van der Waals surface area contributed by atoms with Crippen LogP contribution in [0.25, 0.3) is 0 Å². The lowest BCUT2D eigenvalue weighted by atomic mass is 9.93. The molecule has 2 amide bonds. The average molecular weight is 597 g/mol. The smallest absolute Gasteiger partial charge is 0.419 e. The summed E-state index contributed by atoms with van der Waals surface area (Å²) < 4.78 is 10.8. The predicted molar refractivity (Wildman–Crippen MR) is 160 cm³/mol. The third-order valence-electron chi connectivity index (χ3n) is 6.82.